The van der Waals surface area contributed by atoms with Crippen LogP contribution in [0.1, 0.15) is 43.5 Å². The minimum atomic E-state index is -3.68. The van der Waals surface area contributed by atoms with Crippen molar-refractivity contribution >= 4 is 21.8 Å². The van der Waals surface area contributed by atoms with Crippen LogP contribution in [0, 0.1) is 5.92 Å². The minimum absolute atomic E-state index is 0.0489. The SMILES string of the molecule is CCC[C@@H]1C[C@H]1NC(=O)c1cccc(S(=O)(=O)N2CCN(C(C)=O)CC2)c1. The molecular weight excluding hydrogens is 366 g/mol. The summed E-state index contributed by atoms with van der Waals surface area (Å²) in [5.74, 6) is 0.271. The molecule has 148 valence electrons. The van der Waals surface area contributed by atoms with Crippen molar-refractivity contribution in [2.24, 2.45) is 5.92 Å². The highest BCUT2D eigenvalue weighted by Crippen LogP contribution is 2.34. The molecular formula is C19H27N3O4S. The third-order valence-corrected chi connectivity index (χ3v) is 7.21. The summed E-state index contributed by atoms with van der Waals surface area (Å²) < 4.78 is 27.2. The lowest BCUT2D eigenvalue weighted by Gasteiger charge is -2.33. The predicted molar refractivity (Wildman–Crippen MR) is 102 cm³/mol. The molecule has 2 fully saturated rings. The van der Waals surface area contributed by atoms with Crippen LogP contribution in [0.25, 0.3) is 0 Å². The lowest BCUT2D eigenvalue weighted by Crippen LogP contribution is -2.49. The van der Waals surface area contributed by atoms with Gasteiger partial charge in [0.1, 0.15) is 0 Å². The van der Waals surface area contributed by atoms with Gasteiger partial charge in [-0.25, -0.2) is 8.42 Å². The summed E-state index contributed by atoms with van der Waals surface area (Å²) >= 11 is 0. The Bertz CT molecular complexity index is 816. The fraction of sp³-hybridized carbons (Fsp3) is 0.579. The first-order valence-electron chi connectivity index (χ1n) is 9.49. The van der Waals surface area contributed by atoms with Gasteiger partial charge in [0, 0.05) is 44.7 Å². The van der Waals surface area contributed by atoms with Gasteiger partial charge < -0.3 is 10.2 Å². The highest BCUT2D eigenvalue weighted by molar-refractivity contribution is 7.89. The summed E-state index contributed by atoms with van der Waals surface area (Å²) in [4.78, 5) is 25.6. The van der Waals surface area contributed by atoms with E-state index in [-0.39, 0.29) is 35.8 Å². The Hall–Kier alpha value is -1.93. The lowest BCUT2D eigenvalue weighted by atomic mass is 10.2. The highest BCUT2D eigenvalue weighted by Gasteiger charge is 2.37. The number of hydrogen-bond donors (Lipinski definition) is 1. The topological polar surface area (TPSA) is 86.8 Å². The molecule has 2 atom stereocenters. The fourth-order valence-corrected chi connectivity index (χ4v) is 5.02. The molecule has 1 aromatic rings. The summed E-state index contributed by atoms with van der Waals surface area (Å²) in [6, 6.07) is 6.40. The van der Waals surface area contributed by atoms with Gasteiger partial charge in [0.25, 0.3) is 5.91 Å². The van der Waals surface area contributed by atoms with E-state index in [4.69, 9.17) is 0 Å². The van der Waals surface area contributed by atoms with E-state index in [1.54, 1.807) is 17.0 Å². The van der Waals surface area contributed by atoms with Crippen molar-refractivity contribution in [3.63, 3.8) is 0 Å². The lowest BCUT2D eigenvalue weighted by molar-refractivity contribution is -0.129. The molecule has 1 saturated carbocycles. The van der Waals surface area contributed by atoms with Crippen LogP contribution in [-0.4, -0.2) is 61.7 Å². The van der Waals surface area contributed by atoms with E-state index in [1.807, 2.05) is 0 Å². The van der Waals surface area contributed by atoms with Crippen LogP contribution in [-0.2, 0) is 14.8 Å². The van der Waals surface area contributed by atoms with Crippen LogP contribution >= 0.6 is 0 Å². The van der Waals surface area contributed by atoms with Gasteiger partial charge in [-0.2, -0.15) is 4.31 Å². The monoisotopic (exact) mass is 393 g/mol. The molecule has 0 aromatic heterocycles. The van der Waals surface area contributed by atoms with Crippen LogP contribution < -0.4 is 5.32 Å². The van der Waals surface area contributed by atoms with Crippen molar-refractivity contribution in [3.8, 4) is 0 Å². The van der Waals surface area contributed by atoms with Crippen LogP contribution in [0.4, 0.5) is 0 Å². The summed E-state index contributed by atoms with van der Waals surface area (Å²) in [5, 5.41) is 2.99. The van der Waals surface area contributed by atoms with Gasteiger partial charge in [-0.1, -0.05) is 19.4 Å². The molecule has 1 heterocycles. The number of carbonyl (C=O) groups is 2. The van der Waals surface area contributed by atoms with Gasteiger partial charge >= 0.3 is 0 Å². The largest absolute Gasteiger partial charge is 0.349 e. The van der Waals surface area contributed by atoms with Gasteiger partial charge in [-0.15, -0.1) is 0 Å². The number of nitrogens with one attached hydrogen (secondary N) is 1. The van der Waals surface area contributed by atoms with Crippen molar-refractivity contribution in [3.05, 3.63) is 29.8 Å². The Morgan fingerprint density at radius 2 is 1.89 bits per heavy atom. The maximum Gasteiger partial charge on any atom is 0.251 e. The number of hydrogen-bond acceptors (Lipinski definition) is 4. The highest BCUT2D eigenvalue weighted by atomic mass is 32.2. The second kappa shape index (κ2) is 7.98. The van der Waals surface area contributed by atoms with Gasteiger partial charge in [-0.05, 0) is 37.0 Å². The summed E-state index contributed by atoms with van der Waals surface area (Å²) in [6.07, 6.45) is 3.20. The normalized spacial score (nSPS) is 23.1. The fourth-order valence-electron chi connectivity index (χ4n) is 3.56. The number of nitrogens with zero attached hydrogens (tertiary/aromatic N) is 2. The number of piperazine rings is 1. The average Bonchev–Trinajstić information content (AvgIpc) is 3.39. The Balaban J connectivity index is 1.67. The first kappa shape index (κ1) is 19.8. The summed E-state index contributed by atoms with van der Waals surface area (Å²) in [6.45, 7) is 4.90. The second-order valence-electron chi connectivity index (χ2n) is 7.30. The smallest absolute Gasteiger partial charge is 0.251 e. The van der Waals surface area contributed by atoms with Gasteiger partial charge in [0.05, 0.1) is 4.90 Å². The van der Waals surface area contributed by atoms with Crippen LogP contribution in [0.2, 0.25) is 0 Å². The van der Waals surface area contributed by atoms with E-state index in [0.717, 1.165) is 19.3 Å². The molecule has 2 amide bonds. The quantitative estimate of drug-likeness (QED) is 0.793. The zero-order valence-electron chi connectivity index (χ0n) is 15.8. The number of carbonyl (C=O) groups excluding carboxylic acids is 2. The minimum Gasteiger partial charge on any atom is -0.349 e. The second-order valence-corrected chi connectivity index (χ2v) is 9.24. The molecule has 7 nitrogen and oxygen atoms in total. The van der Waals surface area contributed by atoms with E-state index in [1.165, 1.54) is 23.4 Å². The maximum absolute atomic E-state index is 12.9. The van der Waals surface area contributed by atoms with Crippen LogP contribution in [0.3, 0.4) is 0 Å². The zero-order chi connectivity index (χ0) is 19.6. The molecule has 1 saturated heterocycles. The molecule has 0 radical (unpaired) electrons. The van der Waals surface area contributed by atoms with Gasteiger partial charge in [-0.3, -0.25) is 9.59 Å². The number of benzene rings is 1. The van der Waals surface area contributed by atoms with Crippen LogP contribution in [0.15, 0.2) is 29.2 Å². The molecule has 2 aliphatic rings. The predicted octanol–water partition coefficient (Wildman–Crippen LogP) is 1.46. The number of rotatable bonds is 6. The summed E-state index contributed by atoms with van der Waals surface area (Å²) in [5.41, 5.74) is 0.362. The van der Waals surface area contributed by atoms with E-state index in [2.05, 4.69) is 12.2 Å². The molecule has 3 rings (SSSR count). The average molecular weight is 394 g/mol. The van der Waals surface area contributed by atoms with Crippen molar-refractivity contribution < 1.29 is 18.0 Å². The first-order valence-corrected chi connectivity index (χ1v) is 10.9. The molecule has 0 spiro atoms. The molecule has 1 aromatic carbocycles. The first-order chi connectivity index (χ1) is 12.8. The molecule has 1 aliphatic carbocycles. The Morgan fingerprint density at radius 3 is 2.52 bits per heavy atom. The Kier molecular flexibility index (Phi) is 5.86. The number of amides is 2. The van der Waals surface area contributed by atoms with Crippen molar-refractivity contribution in [1.29, 1.82) is 0 Å². The van der Waals surface area contributed by atoms with E-state index < -0.39 is 10.0 Å². The number of sulfonamides is 1. The maximum atomic E-state index is 12.9. The third-order valence-electron chi connectivity index (χ3n) is 5.32. The molecule has 0 bridgehead atoms. The van der Waals surface area contributed by atoms with Crippen LogP contribution in [0.5, 0.6) is 0 Å². The van der Waals surface area contributed by atoms with E-state index in [9.17, 15) is 18.0 Å². The van der Waals surface area contributed by atoms with Gasteiger partial charge in [0.2, 0.25) is 15.9 Å². The molecule has 1 N–H and O–H groups in total. The Morgan fingerprint density at radius 1 is 1.19 bits per heavy atom. The van der Waals surface area contributed by atoms with Gasteiger partial charge in [0.15, 0.2) is 0 Å². The van der Waals surface area contributed by atoms with E-state index in [0.29, 0.717) is 24.6 Å². The molecule has 1 aliphatic heterocycles. The zero-order valence-corrected chi connectivity index (χ0v) is 16.7. The standard InChI is InChI=1S/C19H27N3O4S/c1-3-5-15-13-18(15)20-19(24)16-6-4-7-17(12-16)27(25,26)22-10-8-21(9-11-22)14(2)23/h4,6-7,12,15,18H,3,5,8-11,13H2,1-2H3,(H,20,24)/t15-,18-/m1/s1. The van der Waals surface area contributed by atoms with E-state index >= 15 is 0 Å². The van der Waals surface area contributed by atoms with Crippen molar-refractivity contribution in [2.75, 3.05) is 26.2 Å². The van der Waals surface area contributed by atoms with Crippen molar-refractivity contribution in [1.82, 2.24) is 14.5 Å². The van der Waals surface area contributed by atoms with Crippen molar-refractivity contribution in [2.45, 2.75) is 44.0 Å². The molecule has 0 unspecified atom stereocenters. The molecule has 8 heteroatoms. The Labute approximate surface area is 160 Å². The molecule has 27 heavy (non-hydrogen) atoms. The third kappa shape index (κ3) is 4.50. The summed E-state index contributed by atoms with van der Waals surface area (Å²) in [7, 11) is -3.68.